The summed E-state index contributed by atoms with van der Waals surface area (Å²) >= 11 is -4.17. The largest absolute Gasteiger partial charge is 0.459 e. The van der Waals surface area contributed by atoms with E-state index in [4.69, 9.17) is 17.8 Å². The van der Waals surface area contributed by atoms with Crippen molar-refractivity contribution in [1.29, 1.82) is 0 Å². The number of esters is 2. The van der Waals surface area contributed by atoms with Gasteiger partial charge in [0, 0.05) is 23.2 Å². The Labute approximate surface area is 314 Å². The molecular weight excluding hydrogens is 721 g/mol. The summed E-state index contributed by atoms with van der Waals surface area (Å²) in [5.74, 6) is -0.345. The second kappa shape index (κ2) is 16.8. The molecule has 0 spiro atoms. The van der Waals surface area contributed by atoms with Crippen LogP contribution in [0.25, 0.3) is 5.65 Å². The van der Waals surface area contributed by atoms with E-state index in [2.05, 4.69) is 45.5 Å². The van der Waals surface area contributed by atoms with E-state index in [0.717, 1.165) is 69.9 Å². The molecule has 0 aliphatic heterocycles. The molecular formula is C37H48N6O8S2. The maximum absolute atomic E-state index is 13.3. The number of benzene rings is 2. The molecule has 2 aromatic heterocycles. The average molecular weight is 769 g/mol. The molecule has 2 fully saturated rings. The number of nitrogens with one attached hydrogen (secondary N) is 3. The zero-order valence-electron chi connectivity index (χ0n) is 30.8. The lowest BCUT2D eigenvalue weighted by atomic mass is 9.93. The van der Waals surface area contributed by atoms with E-state index in [-0.39, 0.29) is 40.2 Å². The van der Waals surface area contributed by atoms with Crippen molar-refractivity contribution >= 4 is 45.8 Å². The number of anilines is 1. The number of carbonyl (C=O) groups is 2. The molecule has 0 radical (unpaired) electrons. The molecule has 2 aliphatic rings. The fourth-order valence-corrected chi connectivity index (χ4v) is 7.83. The van der Waals surface area contributed by atoms with Crippen molar-refractivity contribution in [3.8, 4) is 11.5 Å². The molecule has 3 unspecified atom stereocenters. The van der Waals surface area contributed by atoms with Crippen LogP contribution in [0.3, 0.4) is 0 Å². The van der Waals surface area contributed by atoms with Crippen molar-refractivity contribution in [3.63, 3.8) is 0 Å². The predicted octanol–water partition coefficient (Wildman–Crippen LogP) is 7.02. The first-order valence-electron chi connectivity index (χ1n) is 18.2. The average Bonchev–Trinajstić information content (AvgIpc) is 3.73. The van der Waals surface area contributed by atoms with Gasteiger partial charge < -0.3 is 17.8 Å². The SMILES string of the molecule is Cc1ccc(NS(=O)Oc2cc(C(=O)OC3CCCCC3)cc(C(=O)OC3CCCCC3)c2)cc1OS(=O)NC(C)c1nnc2cc(C(C)(C)C)[nH]n12. The Hall–Kier alpha value is -4.28. The molecule has 2 aliphatic carbocycles. The molecule has 286 valence electrons. The van der Waals surface area contributed by atoms with E-state index < -0.39 is 40.5 Å². The first kappa shape index (κ1) is 38.4. The highest BCUT2D eigenvalue weighted by Gasteiger charge is 2.25. The Morgan fingerprint density at radius 1 is 0.830 bits per heavy atom. The normalized spacial score (nSPS) is 17.5. The van der Waals surface area contributed by atoms with Gasteiger partial charge in [-0.1, -0.05) is 39.7 Å². The monoisotopic (exact) mass is 768 g/mol. The molecule has 6 rings (SSSR count). The highest BCUT2D eigenvalue weighted by Crippen LogP contribution is 2.29. The molecule has 2 saturated carbocycles. The lowest BCUT2D eigenvalue weighted by Crippen LogP contribution is -2.27. The standard InChI is InChI=1S/C37H48N6O8S2/c1-23-16-17-27(21-31(23)51-52(46)41-24(2)34-39-38-33-22-32(37(3,4)5)40-43(33)34)42-53(47)50-30-19-25(35(44)48-28-12-8-6-9-13-28)18-26(20-30)36(45)49-29-14-10-7-11-15-29/h16-22,24,28-29,40-42H,6-15H2,1-5H3. The smallest absolute Gasteiger partial charge is 0.338 e. The van der Waals surface area contributed by atoms with Gasteiger partial charge in [-0.05, 0) is 95.0 Å². The van der Waals surface area contributed by atoms with Crippen LogP contribution in [0.4, 0.5) is 5.69 Å². The molecule has 3 atom stereocenters. The number of ether oxygens (including phenoxy) is 2. The predicted molar refractivity (Wildman–Crippen MR) is 201 cm³/mol. The van der Waals surface area contributed by atoms with Crippen molar-refractivity contribution in [2.75, 3.05) is 4.72 Å². The van der Waals surface area contributed by atoms with Gasteiger partial charge in [0.05, 0.1) is 22.9 Å². The minimum atomic E-state index is -2.18. The summed E-state index contributed by atoms with van der Waals surface area (Å²) in [7, 11) is 0. The second-order valence-electron chi connectivity index (χ2n) is 14.8. The number of fused-ring (bicyclic) bond motifs is 1. The maximum atomic E-state index is 13.3. The molecule has 4 aromatic rings. The molecule has 2 heterocycles. The third-order valence-electron chi connectivity index (χ3n) is 9.44. The number of aromatic nitrogens is 4. The third kappa shape index (κ3) is 10.0. The lowest BCUT2D eigenvalue weighted by Gasteiger charge is -2.23. The van der Waals surface area contributed by atoms with Gasteiger partial charge in [-0.2, -0.15) is 13.1 Å². The van der Waals surface area contributed by atoms with Gasteiger partial charge in [0.1, 0.15) is 23.7 Å². The highest BCUT2D eigenvalue weighted by atomic mass is 32.2. The Bertz CT molecular complexity index is 1930. The zero-order chi connectivity index (χ0) is 37.7. The molecule has 0 bridgehead atoms. The summed E-state index contributed by atoms with van der Waals surface area (Å²) in [6, 6.07) is 10.6. The van der Waals surface area contributed by atoms with E-state index in [1.807, 2.05) is 6.07 Å². The van der Waals surface area contributed by atoms with Crippen molar-refractivity contribution in [2.24, 2.45) is 0 Å². The van der Waals surface area contributed by atoms with Crippen LogP contribution in [0.5, 0.6) is 11.5 Å². The Morgan fingerprint density at radius 3 is 2.02 bits per heavy atom. The van der Waals surface area contributed by atoms with Crippen molar-refractivity contribution in [3.05, 3.63) is 70.7 Å². The Morgan fingerprint density at radius 2 is 1.43 bits per heavy atom. The van der Waals surface area contributed by atoms with Gasteiger partial charge >= 0.3 is 23.2 Å². The van der Waals surface area contributed by atoms with E-state index in [1.165, 1.54) is 18.2 Å². The molecule has 0 saturated heterocycles. The van der Waals surface area contributed by atoms with Crippen LogP contribution >= 0.6 is 0 Å². The fourth-order valence-electron chi connectivity index (χ4n) is 6.41. The number of aryl methyl sites for hydroxylation is 1. The summed E-state index contributed by atoms with van der Waals surface area (Å²) < 4.78 is 56.7. The molecule has 2 aromatic carbocycles. The summed E-state index contributed by atoms with van der Waals surface area (Å²) in [6.07, 6.45) is 8.92. The molecule has 16 heteroatoms. The first-order valence-corrected chi connectivity index (χ1v) is 20.3. The second-order valence-corrected chi connectivity index (χ2v) is 16.5. The third-order valence-corrected chi connectivity index (χ3v) is 11.1. The van der Waals surface area contributed by atoms with E-state index in [0.29, 0.717) is 22.7 Å². The Kier molecular flexibility index (Phi) is 12.2. The van der Waals surface area contributed by atoms with Crippen LogP contribution in [0.15, 0.2) is 42.5 Å². The first-order chi connectivity index (χ1) is 25.3. The topological polar surface area (TPSA) is 175 Å². The molecule has 53 heavy (non-hydrogen) atoms. The van der Waals surface area contributed by atoms with Gasteiger partial charge in [-0.15, -0.1) is 10.2 Å². The van der Waals surface area contributed by atoms with Gasteiger partial charge in [-0.3, -0.25) is 9.82 Å². The fraction of sp³-hybridized carbons (Fsp3) is 0.514. The van der Waals surface area contributed by atoms with Gasteiger partial charge in [-0.25, -0.2) is 14.1 Å². The van der Waals surface area contributed by atoms with Crippen LogP contribution in [0.2, 0.25) is 0 Å². The number of aromatic amines is 1. The van der Waals surface area contributed by atoms with Crippen LogP contribution in [0, 0.1) is 6.92 Å². The molecule has 14 nitrogen and oxygen atoms in total. The van der Waals surface area contributed by atoms with Gasteiger partial charge in [0.15, 0.2) is 11.5 Å². The number of nitrogens with zero attached hydrogens (tertiary/aromatic N) is 3. The van der Waals surface area contributed by atoms with Crippen LogP contribution < -0.4 is 17.8 Å². The number of H-pyrrole nitrogens is 1. The van der Waals surface area contributed by atoms with E-state index in [1.54, 1.807) is 36.6 Å². The number of rotatable bonds is 13. The van der Waals surface area contributed by atoms with Crippen molar-refractivity contribution < 1.29 is 35.8 Å². The van der Waals surface area contributed by atoms with E-state index >= 15 is 0 Å². The minimum Gasteiger partial charge on any atom is -0.459 e. The summed E-state index contributed by atoms with van der Waals surface area (Å²) in [5.41, 5.74) is 2.75. The summed E-state index contributed by atoms with van der Waals surface area (Å²) in [4.78, 5) is 26.4. The Balaban J connectivity index is 1.12. The quantitative estimate of drug-likeness (QED) is 0.120. The van der Waals surface area contributed by atoms with Crippen molar-refractivity contribution in [2.45, 2.75) is 122 Å². The summed E-state index contributed by atoms with van der Waals surface area (Å²) in [5, 5.41) is 11.8. The van der Waals surface area contributed by atoms with Crippen molar-refractivity contribution in [1.82, 2.24) is 24.5 Å². The van der Waals surface area contributed by atoms with E-state index in [9.17, 15) is 18.0 Å². The molecule has 0 amide bonds. The van der Waals surface area contributed by atoms with Crippen LogP contribution in [-0.4, -0.2) is 52.4 Å². The number of carbonyl (C=O) groups excluding carboxylic acids is 2. The maximum Gasteiger partial charge on any atom is 0.338 e. The van der Waals surface area contributed by atoms with Crippen LogP contribution in [0.1, 0.15) is 136 Å². The highest BCUT2D eigenvalue weighted by molar-refractivity contribution is 7.82. The zero-order valence-corrected chi connectivity index (χ0v) is 32.4. The molecule has 3 N–H and O–H groups in total. The minimum absolute atomic E-state index is 0.0201. The summed E-state index contributed by atoms with van der Waals surface area (Å²) in [6.45, 7) is 9.85. The van der Waals surface area contributed by atoms with Crippen LogP contribution in [-0.2, 0) is 37.4 Å². The number of hydrogen-bond donors (Lipinski definition) is 3. The lowest BCUT2D eigenvalue weighted by molar-refractivity contribution is 0.0209. The number of hydrogen-bond acceptors (Lipinski definition) is 10. The van der Waals surface area contributed by atoms with Gasteiger partial charge in [0.25, 0.3) is 11.3 Å². The van der Waals surface area contributed by atoms with Gasteiger partial charge in [0.2, 0.25) is 0 Å².